The fourth-order valence-corrected chi connectivity index (χ4v) is 2.45. The Balaban J connectivity index is 2.41. The van der Waals surface area contributed by atoms with Gasteiger partial charge in [-0.25, -0.2) is 0 Å². The van der Waals surface area contributed by atoms with Gasteiger partial charge < -0.3 is 5.73 Å². The topological polar surface area (TPSA) is 26.0 Å². The van der Waals surface area contributed by atoms with Crippen molar-refractivity contribution in [2.24, 2.45) is 5.73 Å². The van der Waals surface area contributed by atoms with Crippen LogP contribution < -0.4 is 5.73 Å². The minimum absolute atomic E-state index is 0.261. The molecule has 0 saturated heterocycles. The fourth-order valence-electron chi connectivity index (χ4n) is 1.89. The van der Waals surface area contributed by atoms with Crippen LogP contribution in [-0.4, -0.2) is 6.54 Å². The lowest BCUT2D eigenvalue weighted by Crippen LogP contribution is -2.14. The fraction of sp³-hybridized carbons (Fsp3) is 0.143. The molecule has 82 valence electrons. The van der Waals surface area contributed by atoms with E-state index in [2.05, 4.69) is 52.3 Å². The minimum Gasteiger partial charge on any atom is -0.330 e. The van der Waals surface area contributed by atoms with Gasteiger partial charge in [0.1, 0.15) is 0 Å². The zero-order valence-electron chi connectivity index (χ0n) is 8.94. The normalized spacial score (nSPS) is 12.4. The van der Waals surface area contributed by atoms with Crippen molar-refractivity contribution in [2.45, 2.75) is 5.92 Å². The van der Waals surface area contributed by atoms with Gasteiger partial charge in [-0.15, -0.1) is 0 Å². The van der Waals surface area contributed by atoms with E-state index in [1.54, 1.807) is 0 Å². The van der Waals surface area contributed by atoms with E-state index >= 15 is 0 Å². The molecule has 0 heterocycles. The molecule has 0 radical (unpaired) electrons. The molecule has 0 amide bonds. The molecule has 2 aromatic carbocycles. The average molecular weight is 276 g/mol. The zero-order chi connectivity index (χ0) is 11.4. The van der Waals surface area contributed by atoms with Crippen LogP contribution in [0.5, 0.6) is 0 Å². The molecule has 16 heavy (non-hydrogen) atoms. The van der Waals surface area contributed by atoms with E-state index in [-0.39, 0.29) is 5.92 Å². The van der Waals surface area contributed by atoms with Crippen molar-refractivity contribution in [3.05, 3.63) is 70.2 Å². The first-order valence-electron chi connectivity index (χ1n) is 5.32. The SMILES string of the molecule is NCC(c1ccccc1)c1ccccc1Br. The second-order valence-electron chi connectivity index (χ2n) is 3.72. The van der Waals surface area contributed by atoms with Gasteiger partial charge in [-0.2, -0.15) is 0 Å². The van der Waals surface area contributed by atoms with Crippen molar-refractivity contribution >= 4 is 15.9 Å². The van der Waals surface area contributed by atoms with Crippen LogP contribution in [0.3, 0.4) is 0 Å². The predicted molar refractivity (Wildman–Crippen MR) is 71.5 cm³/mol. The van der Waals surface area contributed by atoms with Crippen molar-refractivity contribution in [1.29, 1.82) is 0 Å². The third-order valence-electron chi connectivity index (χ3n) is 2.72. The van der Waals surface area contributed by atoms with E-state index in [4.69, 9.17) is 5.73 Å². The van der Waals surface area contributed by atoms with E-state index in [0.717, 1.165) is 4.47 Å². The van der Waals surface area contributed by atoms with Crippen molar-refractivity contribution in [3.63, 3.8) is 0 Å². The van der Waals surface area contributed by atoms with Gasteiger partial charge in [-0.05, 0) is 17.2 Å². The summed E-state index contributed by atoms with van der Waals surface area (Å²) in [7, 11) is 0. The first-order valence-corrected chi connectivity index (χ1v) is 6.11. The highest BCUT2D eigenvalue weighted by Crippen LogP contribution is 2.29. The summed E-state index contributed by atoms with van der Waals surface area (Å²) in [5, 5.41) is 0. The molecule has 1 atom stereocenters. The number of rotatable bonds is 3. The van der Waals surface area contributed by atoms with Gasteiger partial charge in [0.2, 0.25) is 0 Å². The van der Waals surface area contributed by atoms with Crippen molar-refractivity contribution < 1.29 is 0 Å². The number of hydrogen-bond donors (Lipinski definition) is 1. The second-order valence-corrected chi connectivity index (χ2v) is 4.57. The molecule has 0 aliphatic heterocycles. The zero-order valence-corrected chi connectivity index (χ0v) is 10.5. The maximum Gasteiger partial charge on any atom is 0.0223 e. The number of benzene rings is 2. The van der Waals surface area contributed by atoms with Crippen LogP contribution in [0.1, 0.15) is 17.0 Å². The monoisotopic (exact) mass is 275 g/mol. The molecule has 2 aromatic rings. The van der Waals surface area contributed by atoms with Gasteiger partial charge >= 0.3 is 0 Å². The lowest BCUT2D eigenvalue weighted by molar-refractivity contribution is 0.815. The number of nitrogens with two attached hydrogens (primary N) is 1. The first-order chi connectivity index (χ1) is 7.83. The molecule has 1 nitrogen and oxygen atoms in total. The van der Waals surface area contributed by atoms with Gasteiger partial charge in [0.15, 0.2) is 0 Å². The maximum atomic E-state index is 5.88. The van der Waals surface area contributed by atoms with Gasteiger partial charge in [-0.1, -0.05) is 64.5 Å². The minimum atomic E-state index is 0.261. The van der Waals surface area contributed by atoms with E-state index in [1.807, 2.05) is 18.2 Å². The molecule has 2 N–H and O–H groups in total. The summed E-state index contributed by atoms with van der Waals surface area (Å²) >= 11 is 3.58. The highest BCUT2D eigenvalue weighted by atomic mass is 79.9. The van der Waals surface area contributed by atoms with Crippen molar-refractivity contribution in [2.75, 3.05) is 6.54 Å². The highest BCUT2D eigenvalue weighted by molar-refractivity contribution is 9.10. The summed E-state index contributed by atoms with van der Waals surface area (Å²) in [5.41, 5.74) is 8.39. The smallest absolute Gasteiger partial charge is 0.0223 e. The number of halogens is 1. The van der Waals surface area contributed by atoms with Gasteiger partial charge in [-0.3, -0.25) is 0 Å². The van der Waals surface area contributed by atoms with E-state index < -0.39 is 0 Å². The Bertz CT molecular complexity index is 453. The Morgan fingerprint density at radius 2 is 1.56 bits per heavy atom. The highest BCUT2D eigenvalue weighted by Gasteiger charge is 2.14. The molecular formula is C14H14BrN. The Labute approximate surface area is 104 Å². The lowest BCUT2D eigenvalue weighted by Gasteiger charge is -2.17. The Morgan fingerprint density at radius 3 is 2.19 bits per heavy atom. The Morgan fingerprint density at radius 1 is 0.938 bits per heavy atom. The van der Waals surface area contributed by atoms with Crippen LogP contribution in [0, 0.1) is 0 Å². The van der Waals surface area contributed by atoms with Crippen LogP contribution >= 0.6 is 15.9 Å². The summed E-state index contributed by atoms with van der Waals surface area (Å²) in [4.78, 5) is 0. The van der Waals surface area contributed by atoms with E-state index in [0.29, 0.717) is 6.54 Å². The first kappa shape index (κ1) is 11.4. The van der Waals surface area contributed by atoms with Crippen LogP contribution in [0.15, 0.2) is 59.1 Å². The molecule has 0 bridgehead atoms. The molecular weight excluding hydrogens is 262 g/mol. The third-order valence-corrected chi connectivity index (χ3v) is 3.44. The standard InChI is InChI=1S/C14H14BrN/c15-14-9-5-4-8-12(14)13(10-16)11-6-2-1-3-7-11/h1-9,13H,10,16H2. The predicted octanol–water partition coefficient (Wildman–Crippen LogP) is 3.54. The molecule has 0 saturated carbocycles. The van der Waals surface area contributed by atoms with Crippen molar-refractivity contribution in [1.82, 2.24) is 0 Å². The van der Waals surface area contributed by atoms with Gasteiger partial charge in [0.05, 0.1) is 0 Å². The molecule has 0 aromatic heterocycles. The lowest BCUT2D eigenvalue weighted by atomic mass is 9.91. The maximum absolute atomic E-state index is 5.88. The average Bonchev–Trinajstić information content (AvgIpc) is 2.34. The summed E-state index contributed by atoms with van der Waals surface area (Å²) in [6.07, 6.45) is 0. The van der Waals surface area contributed by atoms with Gasteiger partial charge in [0.25, 0.3) is 0 Å². The third kappa shape index (κ3) is 2.34. The largest absolute Gasteiger partial charge is 0.330 e. The summed E-state index contributed by atoms with van der Waals surface area (Å²) in [5.74, 6) is 0.261. The van der Waals surface area contributed by atoms with E-state index in [1.165, 1.54) is 11.1 Å². The Kier molecular flexibility index (Phi) is 3.75. The molecule has 2 heteroatoms. The number of hydrogen-bond acceptors (Lipinski definition) is 1. The molecule has 0 fully saturated rings. The van der Waals surface area contributed by atoms with Gasteiger partial charge in [0, 0.05) is 16.9 Å². The van der Waals surface area contributed by atoms with E-state index in [9.17, 15) is 0 Å². The van der Waals surface area contributed by atoms with Crippen LogP contribution in [0.4, 0.5) is 0 Å². The molecule has 0 aliphatic rings. The molecule has 0 aliphatic carbocycles. The van der Waals surface area contributed by atoms with Crippen molar-refractivity contribution in [3.8, 4) is 0 Å². The summed E-state index contributed by atoms with van der Waals surface area (Å²) in [6, 6.07) is 18.6. The molecule has 0 spiro atoms. The quantitative estimate of drug-likeness (QED) is 0.911. The summed E-state index contributed by atoms with van der Waals surface area (Å²) in [6.45, 7) is 0.618. The molecule has 1 unspecified atom stereocenters. The second kappa shape index (κ2) is 5.28. The summed E-state index contributed by atoms with van der Waals surface area (Å²) < 4.78 is 1.12. The Hall–Kier alpha value is -1.12. The molecule has 2 rings (SSSR count). The van der Waals surface area contributed by atoms with Crippen LogP contribution in [0.25, 0.3) is 0 Å². The van der Waals surface area contributed by atoms with Crippen LogP contribution in [0.2, 0.25) is 0 Å². The van der Waals surface area contributed by atoms with Crippen LogP contribution in [-0.2, 0) is 0 Å².